The Morgan fingerprint density at radius 3 is 2.64 bits per heavy atom. The minimum absolute atomic E-state index is 0.209. The lowest BCUT2D eigenvalue weighted by Gasteiger charge is -2.08. The number of aryl methyl sites for hydroxylation is 2. The van der Waals surface area contributed by atoms with Gasteiger partial charge in [0.1, 0.15) is 5.75 Å². The zero-order valence-corrected chi connectivity index (χ0v) is 8.09. The Balaban J connectivity index is 3.05. The average Bonchev–Trinajstić information content (AvgIpc) is 2.14. The SMILES string of the molecule is C#CC(=O)Nc1cc(C)c(O)cc1C. The fourth-order valence-electron chi connectivity index (χ4n) is 1.09. The van der Waals surface area contributed by atoms with E-state index in [0.717, 1.165) is 5.56 Å². The molecule has 0 aliphatic heterocycles. The van der Waals surface area contributed by atoms with Crippen molar-refractivity contribution in [3.05, 3.63) is 23.3 Å². The zero-order valence-electron chi connectivity index (χ0n) is 8.09. The van der Waals surface area contributed by atoms with Gasteiger partial charge in [-0.3, -0.25) is 4.79 Å². The molecule has 0 saturated heterocycles. The van der Waals surface area contributed by atoms with Crippen LogP contribution in [0.5, 0.6) is 5.75 Å². The highest BCUT2D eigenvalue weighted by Gasteiger charge is 2.05. The lowest BCUT2D eigenvalue weighted by molar-refractivity contribution is -0.111. The maximum atomic E-state index is 10.9. The Morgan fingerprint density at radius 1 is 1.43 bits per heavy atom. The number of phenolic OH excluding ortho intramolecular Hbond substituents is 1. The van der Waals surface area contributed by atoms with Crippen LogP contribution >= 0.6 is 0 Å². The molecule has 0 unspecified atom stereocenters. The number of phenols is 1. The molecular weight excluding hydrogens is 178 g/mol. The molecule has 0 radical (unpaired) electrons. The third-order valence-corrected chi connectivity index (χ3v) is 1.92. The molecule has 0 spiro atoms. The van der Waals surface area contributed by atoms with E-state index in [0.29, 0.717) is 11.3 Å². The molecule has 2 N–H and O–H groups in total. The van der Waals surface area contributed by atoms with Gasteiger partial charge in [-0.15, -0.1) is 6.42 Å². The molecule has 72 valence electrons. The highest BCUT2D eigenvalue weighted by Crippen LogP contribution is 2.24. The summed E-state index contributed by atoms with van der Waals surface area (Å²) in [5, 5.41) is 11.9. The molecule has 0 bridgehead atoms. The number of carbonyl (C=O) groups excluding carboxylic acids is 1. The number of hydrogen-bond donors (Lipinski definition) is 2. The van der Waals surface area contributed by atoms with Crippen LogP contribution in [0.4, 0.5) is 5.69 Å². The monoisotopic (exact) mass is 189 g/mol. The molecule has 3 heteroatoms. The van der Waals surface area contributed by atoms with Gasteiger partial charge in [0.2, 0.25) is 0 Å². The summed E-state index contributed by atoms with van der Waals surface area (Å²) in [4.78, 5) is 10.9. The summed E-state index contributed by atoms with van der Waals surface area (Å²) in [7, 11) is 0. The fourth-order valence-corrected chi connectivity index (χ4v) is 1.09. The van der Waals surface area contributed by atoms with E-state index in [1.54, 1.807) is 26.0 Å². The van der Waals surface area contributed by atoms with Gasteiger partial charge in [-0.25, -0.2) is 0 Å². The number of aromatic hydroxyl groups is 1. The van der Waals surface area contributed by atoms with Crippen molar-refractivity contribution in [2.24, 2.45) is 0 Å². The molecule has 0 saturated carbocycles. The molecule has 0 aliphatic carbocycles. The average molecular weight is 189 g/mol. The molecule has 0 atom stereocenters. The van der Waals surface area contributed by atoms with Crippen molar-refractivity contribution >= 4 is 11.6 Å². The molecule has 1 rings (SSSR count). The van der Waals surface area contributed by atoms with Crippen LogP contribution in [0.1, 0.15) is 11.1 Å². The first kappa shape index (κ1) is 10.1. The van der Waals surface area contributed by atoms with Crippen molar-refractivity contribution in [2.75, 3.05) is 5.32 Å². The number of nitrogens with one attached hydrogen (secondary N) is 1. The zero-order chi connectivity index (χ0) is 10.7. The molecule has 1 aromatic carbocycles. The summed E-state index contributed by atoms with van der Waals surface area (Å²) >= 11 is 0. The van der Waals surface area contributed by atoms with Crippen LogP contribution in [0.15, 0.2) is 12.1 Å². The Bertz CT molecular complexity index is 416. The summed E-state index contributed by atoms with van der Waals surface area (Å²) in [5.41, 5.74) is 2.10. The topological polar surface area (TPSA) is 49.3 Å². The summed E-state index contributed by atoms with van der Waals surface area (Å²) in [6.45, 7) is 3.53. The maximum absolute atomic E-state index is 10.9. The van der Waals surface area contributed by atoms with Crippen LogP contribution in [0.25, 0.3) is 0 Å². The minimum Gasteiger partial charge on any atom is -0.508 e. The number of hydrogen-bond acceptors (Lipinski definition) is 2. The lowest BCUT2D eigenvalue weighted by Crippen LogP contribution is -2.09. The summed E-state index contributed by atoms with van der Waals surface area (Å²) in [5.74, 6) is 1.68. The highest BCUT2D eigenvalue weighted by molar-refractivity contribution is 6.04. The van der Waals surface area contributed by atoms with Gasteiger partial charge < -0.3 is 10.4 Å². The van der Waals surface area contributed by atoms with Crippen LogP contribution in [0, 0.1) is 26.2 Å². The fraction of sp³-hybridized carbons (Fsp3) is 0.182. The third kappa shape index (κ3) is 2.05. The van der Waals surface area contributed by atoms with E-state index in [-0.39, 0.29) is 5.75 Å². The van der Waals surface area contributed by atoms with E-state index < -0.39 is 5.91 Å². The standard InChI is InChI=1S/C11H11NO2/c1-4-11(14)12-9-5-8(3)10(13)6-7(9)2/h1,5-6,13H,2-3H3,(H,12,14). The van der Waals surface area contributed by atoms with Crippen molar-refractivity contribution < 1.29 is 9.90 Å². The van der Waals surface area contributed by atoms with Gasteiger partial charge in [0, 0.05) is 5.69 Å². The molecule has 0 heterocycles. The molecular formula is C11H11NO2. The van der Waals surface area contributed by atoms with E-state index in [1.165, 1.54) is 0 Å². The summed E-state index contributed by atoms with van der Waals surface area (Å²) < 4.78 is 0. The first-order chi connectivity index (χ1) is 6.54. The van der Waals surface area contributed by atoms with Crippen LogP contribution in [-0.4, -0.2) is 11.0 Å². The van der Waals surface area contributed by atoms with E-state index in [4.69, 9.17) is 6.42 Å². The number of anilines is 1. The summed E-state index contributed by atoms with van der Waals surface area (Å²) in [6.07, 6.45) is 4.93. The van der Waals surface area contributed by atoms with Crippen LogP contribution in [0.3, 0.4) is 0 Å². The molecule has 1 amide bonds. The molecule has 0 fully saturated rings. The maximum Gasteiger partial charge on any atom is 0.300 e. The second-order valence-corrected chi connectivity index (χ2v) is 3.05. The molecule has 3 nitrogen and oxygen atoms in total. The van der Waals surface area contributed by atoms with Crippen molar-refractivity contribution in [3.63, 3.8) is 0 Å². The number of terminal acetylenes is 1. The highest BCUT2D eigenvalue weighted by atomic mass is 16.3. The van der Waals surface area contributed by atoms with Gasteiger partial charge in [-0.1, -0.05) is 0 Å². The number of amides is 1. The number of carbonyl (C=O) groups is 1. The Kier molecular flexibility index (Phi) is 2.78. The van der Waals surface area contributed by atoms with Crippen LogP contribution in [-0.2, 0) is 4.79 Å². The first-order valence-electron chi connectivity index (χ1n) is 4.12. The van der Waals surface area contributed by atoms with Crippen molar-refractivity contribution in [1.29, 1.82) is 0 Å². The van der Waals surface area contributed by atoms with Crippen molar-refractivity contribution in [3.8, 4) is 18.1 Å². The smallest absolute Gasteiger partial charge is 0.300 e. The number of benzene rings is 1. The van der Waals surface area contributed by atoms with E-state index in [9.17, 15) is 9.90 Å². The first-order valence-corrected chi connectivity index (χ1v) is 4.12. The lowest BCUT2D eigenvalue weighted by atomic mass is 10.1. The summed E-state index contributed by atoms with van der Waals surface area (Å²) in [6, 6.07) is 3.27. The normalized spacial score (nSPS) is 9.21. The van der Waals surface area contributed by atoms with E-state index >= 15 is 0 Å². The Labute approximate surface area is 82.8 Å². The molecule has 14 heavy (non-hydrogen) atoms. The predicted molar refractivity (Wildman–Crippen MR) is 55.0 cm³/mol. The van der Waals surface area contributed by atoms with Gasteiger partial charge in [0.15, 0.2) is 0 Å². The second-order valence-electron chi connectivity index (χ2n) is 3.05. The van der Waals surface area contributed by atoms with Gasteiger partial charge in [-0.2, -0.15) is 0 Å². The minimum atomic E-state index is -0.488. The van der Waals surface area contributed by atoms with E-state index in [1.807, 2.05) is 5.92 Å². The van der Waals surface area contributed by atoms with Gasteiger partial charge >= 0.3 is 0 Å². The van der Waals surface area contributed by atoms with Gasteiger partial charge in [0.05, 0.1) is 0 Å². The molecule has 0 aromatic heterocycles. The van der Waals surface area contributed by atoms with Gasteiger partial charge in [0.25, 0.3) is 5.91 Å². The van der Waals surface area contributed by atoms with Crippen molar-refractivity contribution in [1.82, 2.24) is 0 Å². The predicted octanol–water partition coefficient (Wildman–Crippen LogP) is 1.58. The largest absolute Gasteiger partial charge is 0.508 e. The van der Waals surface area contributed by atoms with Crippen LogP contribution in [0.2, 0.25) is 0 Å². The quantitative estimate of drug-likeness (QED) is 0.520. The molecule has 1 aromatic rings. The van der Waals surface area contributed by atoms with Crippen molar-refractivity contribution in [2.45, 2.75) is 13.8 Å². The van der Waals surface area contributed by atoms with E-state index in [2.05, 4.69) is 5.32 Å². The Hall–Kier alpha value is -1.95. The van der Waals surface area contributed by atoms with Gasteiger partial charge in [-0.05, 0) is 43.0 Å². The molecule has 0 aliphatic rings. The third-order valence-electron chi connectivity index (χ3n) is 1.92. The Morgan fingerprint density at radius 2 is 2.07 bits per heavy atom. The second kappa shape index (κ2) is 3.84. The number of rotatable bonds is 1. The van der Waals surface area contributed by atoms with Crippen LogP contribution < -0.4 is 5.32 Å².